The van der Waals surface area contributed by atoms with Gasteiger partial charge < -0.3 is 19.3 Å². The highest BCUT2D eigenvalue weighted by molar-refractivity contribution is 5.93. The van der Waals surface area contributed by atoms with Crippen LogP contribution in [0.15, 0.2) is 24.4 Å². The number of rotatable bonds is 7. The number of likely N-dealkylation sites (tertiary alicyclic amines) is 1. The van der Waals surface area contributed by atoms with Crippen molar-refractivity contribution >= 4 is 11.8 Å². The van der Waals surface area contributed by atoms with Crippen molar-refractivity contribution in [3.63, 3.8) is 0 Å². The number of carbonyl (C=O) groups excluding carboxylic acids is 2. The van der Waals surface area contributed by atoms with Gasteiger partial charge in [0.2, 0.25) is 11.8 Å². The molecular formula is C18H24N4O4. The maximum Gasteiger partial charge on any atom is 0.230 e. The summed E-state index contributed by atoms with van der Waals surface area (Å²) in [5, 5.41) is 6.77. The third kappa shape index (κ3) is 2.64. The Morgan fingerprint density at radius 1 is 1.58 bits per heavy atom. The van der Waals surface area contributed by atoms with Gasteiger partial charge in [-0.05, 0) is 13.0 Å². The Hall–Kier alpha value is -2.19. The average Bonchev–Trinajstić information content (AvgIpc) is 3.38. The van der Waals surface area contributed by atoms with E-state index in [4.69, 9.17) is 9.47 Å². The average molecular weight is 360 g/mol. The Morgan fingerprint density at radius 2 is 2.42 bits per heavy atom. The van der Waals surface area contributed by atoms with E-state index in [1.165, 1.54) is 0 Å². The summed E-state index contributed by atoms with van der Waals surface area (Å²) in [7, 11) is 1.75. The van der Waals surface area contributed by atoms with Crippen molar-refractivity contribution in [3.8, 4) is 0 Å². The Labute approximate surface area is 152 Å². The Balaban J connectivity index is 1.50. The molecule has 8 nitrogen and oxygen atoms in total. The number of aromatic nitrogens is 2. The molecule has 1 aromatic heterocycles. The molecule has 4 atom stereocenters. The van der Waals surface area contributed by atoms with Crippen molar-refractivity contribution in [2.24, 2.45) is 11.8 Å². The van der Waals surface area contributed by atoms with Crippen LogP contribution in [0.25, 0.3) is 0 Å². The molecule has 0 aliphatic carbocycles. The van der Waals surface area contributed by atoms with Crippen molar-refractivity contribution < 1.29 is 19.1 Å². The number of amides is 2. The molecule has 140 valence electrons. The molecule has 3 aliphatic heterocycles. The maximum absolute atomic E-state index is 13.1. The predicted molar refractivity (Wildman–Crippen MR) is 91.9 cm³/mol. The number of fused-ring (bicyclic) bond motifs is 1. The molecule has 8 heteroatoms. The quantitative estimate of drug-likeness (QED) is 0.554. The first-order valence-corrected chi connectivity index (χ1v) is 9.02. The van der Waals surface area contributed by atoms with Crippen LogP contribution in [0.3, 0.4) is 0 Å². The summed E-state index contributed by atoms with van der Waals surface area (Å²) in [6, 6.07) is 1.83. The van der Waals surface area contributed by atoms with E-state index in [0.29, 0.717) is 32.8 Å². The molecule has 1 aromatic rings. The second kappa shape index (κ2) is 6.51. The molecule has 2 amide bonds. The van der Waals surface area contributed by atoms with Crippen LogP contribution in [0.1, 0.15) is 12.6 Å². The van der Waals surface area contributed by atoms with Gasteiger partial charge in [-0.15, -0.1) is 0 Å². The van der Waals surface area contributed by atoms with Gasteiger partial charge in [0.25, 0.3) is 0 Å². The molecule has 0 aromatic carbocycles. The van der Waals surface area contributed by atoms with E-state index in [-0.39, 0.29) is 17.9 Å². The van der Waals surface area contributed by atoms with Gasteiger partial charge in [-0.2, -0.15) is 5.10 Å². The fourth-order valence-corrected chi connectivity index (χ4v) is 4.33. The SMILES string of the molecule is CCOCCN1C[C@]23C=C[C@H](O2)C(C(=O)N(C)Cc2ccn[nH]2)C3C1=O. The zero-order valence-corrected chi connectivity index (χ0v) is 15.1. The van der Waals surface area contributed by atoms with E-state index < -0.39 is 17.4 Å². The Bertz CT molecular complexity index is 719. The highest BCUT2D eigenvalue weighted by Gasteiger charge is 2.66. The summed E-state index contributed by atoms with van der Waals surface area (Å²) in [5.74, 6) is -1.00. The van der Waals surface area contributed by atoms with E-state index in [1.807, 2.05) is 25.1 Å². The fourth-order valence-electron chi connectivity index (χ4n) is 4.33. The van der Waals surface area contributed by atoms with Crippen molar-refractivity contribution in [1.29, 1.82) is 0 Å². The minimum absolute atomic E-state index is 0.00940. The normalized spacial score (nSPS) is 31.7. The van der Waals surface area contributed by atoms with E-state index in [0.717, 1.165) is 5.69 Å². The highest BCUT2D eigenvalue weighted by atomic mass is 16.5. The molecule has 4 heterocycles. The van der Waals surface area contributed by atoms with Crippen LogP contribution in [0, 0.1) is 11.8 Å². The third-order valence-corrected chi connectivity index (χ3v) is 5.52. The van der Waals surface area contributed by atoms with Gasteiger partial charge in [-0.3, -0.25) is 14.7 Å². The first kappa shape index (κ1) is 17.2. The van der Waals surface area contributed by atoms with Crippen LogP contribution >= 0.6 is 0 Å². The van der Waals surface area contributed by atoms with E-state index >= 15 is 0 Å². The fraction of sp³-hybridized carbons (Fsp3) is 0.611. The molecule has 2 saturated heterocycles. The van der Waals surface area contributed by atoms with Crippen molar-refractivity contribution in [2.45, 2.75) is 25.2 Å². The maximum atomic E-state index is 13.1. The lowest BCUT2D eigenvalue weighted by atomic mass is 9.76. The van der Waals surface area contributed by atoms with Gasteiger partial charge in [0, 0.05) is 26.4 Å². The molecule has 2 bridgehead atoms. The second-order valence-electron chi connectivity index (χ2n) is 7.13. The first-order valence-electron chi connectivity index (χ1n) is 9.02. The van der Waals surface area contributed by atoms with Crippen LogP contribution < -0.4 is 0 Å². The summed E-state index contributed by atoms with van der Waals surface area (Å²) in [4.78, 5) is 29.5. The first-order chi connectivity index (χ1) is 12.6. The minimum atomic E-state index is -0.664. The van der Waals surface area contributed by atoms with Gasteiger partial charge in [-0.1, -0.05) is 12.2 Å². The molecule has 0 radical (unpaired) electrons. The van der Waals surface area contributed by atoms with Crippen LogP contribution in [-0.2, 0) is 25.6 Å². The molecule has 3 aliphatic rings. The number of hydrogen-bond acceptors (Lipinski definition) is 5. The zero-order valence-electron chi connectivity index (χ0n) is 15.1. The molecule has 4 rings (SSSR count). The summed E-state index contributed by atoms with van der Waals surface area (Å²) >= 11 is 0. The molecule has 1 spiro atoms. The van der Waals surface area contributed by atoms with E-state index in [2.05, 4.69) is 10.2 Å². The lowest BCUT2D eigenvalue weighted by Crippen LogP contribution is -2.44. The molecule has 0 saturated carbocycles. The summed E-state index contributed by atoms with van der Waals surface area (Å²) in [5.41, 5.74) is 0.189. The number of H-pyrrole nitrogens is 1. The Kier molecular flexibility index (Phi) is 4.32. The van der Waals surface area contributed by atoms with Crippen LogP contribution in [0.4, 0.5) is 0 Å². The number of ether oxygens (including phenoxy) is 2. The Morgan fingerprint density at radius 3 is 3.15 bits per heavy atom. The van der Waals surface area contributed by atoms with Crippen molar-refractivity contribution in [1.82, 2.24) is 20.0 Å². The number of nitrogens with zero attached hydrogens (tertiary/aromatic N) is 3. The monoisotopic (exact) mass is 360 g/mol. The van der Waals surface area contributed by atoms with Crippen LogP contribution in [-0.4, -0.2) is 76.9 Å². The topological polar surface area (TPSA) is 87.8 Å². The second-order valence-corrected chi connectivity index (χ2v) is 7.13. The molecule has 1 N–H and O–H groups in total. The van der Waals surface area contributed by atoms with E-state index in [9.17, 15) is 9.59 Å². The minimum Gasteiger partial charge on any atom is -0.380 e. The standard InChI is InChI=1S/C18H24N4O4/c1-3-25-9-8-22-11-18-6-4-13(26-18)14(15(18)17(22)24)16(23)21(2)10-12-5-7-19-20-12/h4-7,13-15H,3,8-11H2,1-2H3,(H,19,20)/t13-,14?,15?,18-/m0/s1. The van der Waals surface area contributed by atoms with Crippen LogP contribution in [0.5, 0.6) is 0 Å². The molecule has 2 unspecified atom stereocenters. The van der Waals surface area contributed by atoms with E-state index in [1.54, 1.807) is 23.0 Å². The summed E-state index contributed by atoms with van der Waals surface area (Å²) in [6.45, 7) is 4.48. The third-order valence-electron chi connectivity index (χ3n) is 5.52. The highest BCUT2D eigenvalue weighted by Crippen LogP contribution is 2.52. The van der Waals surface area contributed by atoms with Crippen LogP contribution in [0.2, 0.25) is 0 Å². The summed E-state index contributed by atoms with van der Waals surface area (Å²) in [6.07, 6.45) is 5.24. The van der Waals surface area contributed by atoms with Gasteiger partial charge in [0.1, 0.15) is 5.60 Å². The predicted octanol–water partition coefficient (Wildman–Crippen LogP) is 0.187. The largest absolute Gasteiger partial charge is 0.380 e. The number of carbonyl (C=O) groups is 2. The lowest BCUT2D eigenvalue weighted by Gasteiger charge is -2.27. The molecule has 26 heavy (non-hydrogen) atoms. The van der Waals surface area contributed by atoms with Gasteiger partial charge in [0.15, 0.2) is 0 Å². The summed E-state index contributed by atoms with van der Waals surface area (Å²) < 4.78 is 11.5. The molecule has 2 fully saturated rings. The molecular weight excluding hydrogens is 336 g/mol. The zero-order chi connectivity index (χ0) is 18.3. The van der Waals surface area contributed by atoms with Gasteiger partial charge in [0.05, 0.1) is 43.3 Å². The lowest BCUT2D eigenvalue weighted by molar-refractivity contribution is -0.143. The van der Waals surface area contributed by atoms with Crippen molar-refractivity contribution in [3.05, 3.63) is 30.1 Å². The number of aromatic amines is 1. The van der Waals surface area contributed by atoms with Gasteiger partial charge >= 0.3 is 0 Å². The smallest absolute Gasteiger partial charge is 0.230 e. The van der Waals surface area contributed by atoms with Gasteiger partial charge in [-0.25, -0.2) is 0 Å². The van der Waals surface area contributed by atoms with Crippen molar-refractivity contribution in [2.75, 3.05) is 33.4 Å². The number of nitrogens with one attached hydrogen (secondary N) is 1. The number of hydrogen-bond donors (Lipinski definition) is 1.